The minimum Gasteiger partial charge on any atom is -0.317 e. The Balaban J connectivity index is 0.000000127. The predicted octanol–water partition coefficient (Wildman–Crippen LogP) is 1.15. The fourth-order valence-corrected chi connectivity index (χ4v) is 0.999. The summed E-state index contributed by atoms with van der Waals surface area (Å²) in [6, 6.07) is 0. The van der Waals surface area contributed by atoms with Crippen molar-refractivity contribution >= 4 is 0 Å². The Labute approximate surface area is 73.2 Å². The van der Waals surface area contributed by atoms with Crippen LogP contribution in [0.4, 0.5) is 0 Å². The monoisotopic (exact) mass is 165 g/mol. The fourth-order valence-electron chi connectivity index (χ4n) is 0.999. The van der Waals surface area contributed by atoms with Crippen molar-refractivity contribution in [1.82, 2.24) is 15.3 Å². The first-order valence-electron chi connectivity index (χ1n) is 4.32. The normalized spacial score (nSPS) is 15.1. The second-order valence-corrected chi connectivity index (χ2v) is 2.87. The van der Waals surface area contributed by atoms with E-state index >= 15 is 0 Å². The van der Waals surface area contributed by atoms with Crippen molar-refractivity contribution in [2.45, 2.75) is 19.8 Å². The van der Waals surface area contributed by atoms with E-state index in [1.807, 2.05) is 6.92 Å². The third-order valence-electron chi connectivity index (χ3n) is 1.65. The van der Waals surface area contributed by atoms with Crippen LogP contribution in [0.25, 0.3) is 0 Å². The quantitative estimate of drug-likeness (QED) is 0.626. The lowest BCUT2D eigenvalue weighted by Gasteiger charge is -1.81. The molecule has 12 heavy (non-hydrogen) atoms. The third kappa shape index (κ3) is 4.03. The molecule has 0 aromatic carbocycles. The van der Waals surface area contributed by atoms with E-state index in [1.54, 1.807) is 12.4 Å². The van der Waals surface area contributed by atoms with Crippen LogP contribution < -0.4 is 5.32 Å². The number of rotatable bonds is 0. The zero-order chi connectivity index (χ0) is 8.65. The van der Waals surface area contributed by atoms with Gasteiger partial charge in [-0.3, -0.25) is 0 Å². The summed E-state index contributed by atoms with van der Waals surface area (Å²) in [4.78, 5) is 7.55. The maximum absolute atomic E-state index is 3.77. The number of hydrogen-bond donors (Lipinski definition) is 1. The summed E-state index contributed by atoms with van der Waals surface area (Å²) in [5.74, 6) is 0. The van der Waals surface area contributed by atoms with E-state index in [1.165, 1.54) is 32.3 Å². The Morgan fingerprint density at radius 2 is 1.75 bits per heavy atom. The molecule has 0 bridgehead atoms. The van der Waals surface area contributed by atoms with Crippen LogP contribution in [0.5, 0.6) is 0 Å². The Hall–Kier alpha value is -0.960. The van der Waals surface area contributed by atoms with Gasteiger partial charge in [-0.05, 0) is 38.4 Å². The van der Waals surface area contributed by atoms with E-state index < -0.39 is 0 Å². The Morgan fingerprint density at radius 1 is 1.17 bits per heavy atom. The van der Waals surface area contributed by atoms with Crippen molar-refractivity contribution in [2.24, 2.45) is 0 Å². The molecule has 1 aromatic heterocycles. The second kappa shape index (κ2) is 5.66. The van der Waals surface area contributed by atoms with E-state index in [4.69, 9.17) is 0 Å². The summed E-state index contributed by atoms with van der Waals surface area (Å²) < 4.78 is 0. The Kier molecular flexibility index (Phi) is 4.31. The average Bonchev–Trinajstić information content (AvgIpc) is 2.62. The van der Waals surface area contributed by atoms with Gasteiger partial charge in [0.2, 0.25) is 0 Å². The smallest absolute Gasteiger partial charge is 0.115 e. The lowest BCUT2D eigenvalue weighted by molar-refractivity contribution is 0.857. The first-order chi connectivity index (χ1) is 5.89. The minimum atomic E-state index is 1.10. The molecule has 0 radical (unpaired) electrons. The van der Waals surface area contributed by atoms with E-state index in [0.717, 1.165) is 5.56 Å². The second-order valence-electron chi connectivity index (χ2n) is 2.87. The SMILES string of the molecule is C1CCNC1.Cc1cncnc1. The molecular formula is C9H15N3. The van der Waals surface area contributed by atoms with Crippen LogP contribution >= 0.6 is 0 Å². The third-order valence-corrected chi connectivity index (χ3v) is 1.65. The van der Waals surface area contributed by atoms with Crippen LogP contribution in [0.15, 0.2) is 18.7 Å². The maximum atomic E-state index is 3.77. The molecule has 0 unspecified atom stereocenters. The fraction of sp³-hybridized carbons (Fsp3) is 0.556. The number of nitrogens with zero attached hydrogens (tertiary/aromatic N) is 2. The van der Waals surface area contributed by atoms with Crippen LogP contribution in [-0.2, 0) is 0 Å². The molecule has 3 heteroatoms. The first-order valence-corrected chi connectivity index (χ1v) is 4.32. The van der Waals surface area contributed by atoms with Crippen LogP contribution in [-0.4, -0.2) is 23.1 Å². The number of nitrogens with one attached hydrogen (secondary N) is 1. The average molecular weight is 165 g/mol. The van der Waals surface area contributed by atoms with E-state index in [2.05, 4.69) is 15.3 Å². The molecular weight excluding hydrogens is 150 g/mol. The molecule has 0 atom stereocenters. The molecule has 2 heterocycles. The van der Waals surface area contributed by atoms with E-state index in [0.29, 0.717) is 0 Å². The molecule has 3 nitrogen and oxygen atoms in total. The Morgan fingerprint density at radius 3 is 2.00 bits per heavy atom. The topological polar surface area (TPSA) is 37.8 Å². The molecule has 1 aliphatic rings. The van der Waals surface area contributed by atoms with Crippen molar-refractivity contribution in [1.29, 1.82) is 0 Å². The number of aromatic nitrogens is 2. The lowest BCUT2D eigenvalue weighted by atomic mass is 10.4. The predicted molar refractivity (Wildman–Crippen MR) is 48.9 cm³/mol. The summed E-state index contributed by atoms with van der Waals surface area (Å²) in [6.45, 7) is 4.46. The summed E-state index contributed by atoms with van der Waals surface area (Å²) in [7, 11) is 0. The summed E-state index contributed by atoms with van der Waals surface area (Å²) in [6.07, 6.45) is 7.84. The Bertz CT molecular complexity index is 187. The molecule has 1 aromatic rings. The van der Waals surface area contributed by atoms with Gasteiger partial charge in [-0.25, -0.2) is 9.97 Å². The summed E-state index contributed by atoms with van der Waals surface area (Å²) >= 11 is 0. The van der Waals surface area contributed by atoms with Crippen LogP contribution in [0.3, 0.4) is 0 Å². The van der Waals surface area contributed by atoms with Gasteiger partial charge in [0.05, 0.1) is 0 Å². The molecule has 1 N–H and O–H groups in total. The number of aryl methyl sites for hydroxylation is 1. The summed E-state index contributed by atoms with van der Waals surface area (Å²) in [5.41, 5.74) is 1.10. The molecule has 0 aliphatic carbocycles. The van der Waals surface area contributed by atoms with Gasteiger partial charge < -0.3 is 5.32 Å². The van der Waals surface area contributed by atoms with Crippen LogP contribution in [0.1, 0.15) is 18.4 Å². The van der Waals surface area contributed by atoms with Crippen molar-refractivity contribution in [3.63, 3.8) is 0 Å². The van der Waals surface area contributed by atoms with Gasteiger partial charge in [-0.2, -0.15) is 0 Å². The van der Waals surface area contributed by atoms with Gasteiger partial charge in [0, 0.05) is 12.4 Å². The molecule has 2 rings (SSSR count). The molecule has 0 amide bonds. The largest absolute Gasteiger partial charge is 0.317 e. The van der Waals surface area contributed by atoms with Crippen molar-refractivity contribution in [3.8, 4) is 0 Å². The molecule has 1 aliphatic heterocycles. The molecule has 0 spiro atoms. The molecule has 66 valence electrons. The van der Waals surface area contributed by atoms with Gasteiger partial charge in [0.15, 0.2) is 0 Å². The van der Waals surface area contributed by atoms with Gasteiger partial charge in [-0.1, -0.05) is 0 Å². The maximum Gasteiger partial charge on any atom is 0.115 e. The van der Waals surface area contributed by atoms with E-state index in [9.17, 15) is 0 Å². The minimum absolute atomic E-state index is 1.10. The zero-order valence-corrected chi connectivity index (χ0v) is 7.45. The van der Waals surface area contributed by atoms with Crippen molar-refractivity contribution < 1.29 is 0 Å². The number of hydrogen-bond acceptors (Lipinski definition) is 3. The van der Waals surface area contributed by atoms with Crippen molar-refractivity contribution in [2.75, 3.05) is 13.1 Å². The van der Waals surface area contributed by atoms with Crippen LogP contribution in [0.2, 0.25) is 0 Å². The highest BCUT2D eigenvalue weighted by atomic mass is 14.9. The molecule has 1 fully saturated rings. The highest BCUT2D eigenvalue weighted by Gasteiger charge is 1.93. The first kappa shape index (κ1) is 9.13. The highest BCUT2D eigenvalue weighted by molar-refractivity contribution is 4.96. The van der Waals surface area contributed by atoms with Gasteiger partial charge in [0.25, 0.3) is 0 Å². The standard InChI is InChI=1S/C5H6N2.C4H9N/c1-5-2-6-4-7-3-5;1-2-4-5-3-1/h2-4H,1H3;5H,1-4H2. The van der Waals surface area contributed by atoms with Gasteiger partial charge >= 0.3 is 0 Å². The van der Waals surface area contributed by atoms with E-state index in [-0.39, 0.29) is 0 Å². The van der Waals surface area contributed by atoms with Crippen LogP contribution in [0, 0.1) is 6.92 Å². The molecule has 1 saturated heterocycles. The van der Waals surface area contributed by atoms with Gasteiger partial charge in [0.1, 0.15) is 6.33 Å². The lowest BCUT2D eigenvalue weighted by Crippen LogP contribution is -2.03. The zero-order valence-electron chi connectivity index (χ0n) is 7.45. The van der Waals surface area contributed by atoms with Gasteiger partial charge in [-0.15, -0.1) is 0 Å². The molecule has 0 saturated carbocycles. The van der Waals surface area contributed by atoms with Crippen molar-refractivity contribution in [3.05, 3.63) is 24.3 Å². The summed E-state index contributed by atoms with van der Waals surface area (Å²) in [5, 5.41) is 3.22. The highest BCUT2D eigenvalue weighted by Crippen LogP contribution is 1.90.